The van der Waals surface area contributed by atoms with Crippen LogP contribution in [0.3, 0.4) is 0 Å². The number of nitrogens with one attached hydrogen (secondary N) is 1. The fourth-order valence-electron chi connectivity index (χ4n) is 3.09. The normalized spacial score (nSPS) is 20.9. The lowest BCUT2D eigenvalue weighted by atomic mass is 9.90. The molecule has 0 radical (unpaired) electrons. The highest BCUT2D eigenvalue weighted by molar-refractivity contribution is 7.93. The van der Waals surface area contributed by atoms with Crippen LogP contribution in [0.15, 0.2) is 48.6 Å². The molecule has 1 aromatic carbocycles. The smallest absolute Gasteiger partial charge is 0.302 e. The summed E-state index contributed by atoms with van der Waals surface area (Å²) in [5.41, 5.74) is 3.62. The van der Waals surface area contributed by atoms with Gasteiger partial charge in [0, 0.05) is 20.4 Å². The molecule has 1 aliphatic rings. The van der Waals surface area contributed by atoms with Crippen molar-refractivity contribution in [1.82, 2.24) is 10.2 Å². The first-order valence-corrected chi connectivity index (χ1v) is 10.5. The molecule has 0 heterocycles. The molecular weight excluding hydrogens is 398 g/mol. The highest BCUT2D eigenvalue weighted by Crippen LogP contribution is 2.35. The van der Waals surface area contributed by atoms with E-state index in [1.807, 2.05) is 35.6 Å². The minimum Gasteiger partial charge on any atom is -0.365 e. The summed E-state index contributed by atoms with van der Waals surface area (Å²) in [7, 11) is -1.99. The maximum Gasteiger partial charge on any atom is 0.302 e. The van der Waals surface area contributed by atoms with E-state index in [0.717, 1.165) is 25.9 Å². The van der Waals surface area contributed by atoms with Crippen molar-refractivity contribution in [2.75, 3.05) is 20.4 Å². The summed E-state index contributed by atoms with van der Waals surface area (Å²) in [6.07, 6.45) is 4.88. The van der Waals surface area contributed by atoms with Crippen LogP contribution >= 0.6 is 0 Å². The number of sulfone groups is 1. The van der Waals surface area contributed by atoms with Crippen LogP contribution < -0.4 is 11.1 Å². The quantitative estimate of drug-likeness (QED) is 0.404. The lowest BCUT2D eigenvalue weighted by Crippen LogP contribution is -2.69. The molecule has 3 amide bonds. The Labute approximate surface area is 168 Å². The van der Waals surface area contributed by atoms with Gasteiger partial charge < -0.3 is 16.2 Å². The zero-order chi connectivity index (χ0) is 22.0. The molecule has 0 saturated heterocycles. The van der Waals surface area contributed by atoms with Crippen molar-refractivity contribution in [3.63, 3.8) is 0 Å². The van der Waals surface area contributed by atoms with Crippen LogP contribution in [0, 0.1) is 0 Å². The van der Waals surface area contributed by atoms with E-state index in [0.29, 0.717) is 10.5 Å². The van der Waals surface area contributed by atoms with E-state index in [4.69, 9.17) is 5.73 Å². The Kier molecular flexibility index (Phi) is 6.00. The first-order chi connectivity index (χ1) is 13.4. The first-order valence-electron chi connectivity index (χ1n) is 8.59. The topological polar surface area (TPSA) is 147 Å². The Hall–Kier alpha value is -2.98. The van der Waals surface area contributed by atoms with Gasteiger partial charge in [0.2, 0.25) is 0 Å². The standard InChI is InChI=1S/C19H23N3O6S/c1-21-16(24)19(26,15(20)23)22(2)17(25)18(29(3,27)28)11-9-14(10-12-18)13-7-5-4-6-8-13/h4-11,26H,12H2,1-3H3,(H2,20,23)(H,21,24). The van der Waals surface area contributed by atoms with Crippen molar-refractivity contribution in [2.24, 2.45) is 5.73 Å². The largest absolute Gasteiger partial charge is 0.365 e. The van der Waals surface area contributed by atoms with Gasteiger partial charge in [-0.1, -0.05) is 48.6 Å². The Morgan fingerprint density at radius 3 is 2.24 bits per heavy atom. The van der Waals surface area contributed by atoms with E-state index >= 15 is 0 Å². The number of carbonyl (C=O) groups excluding carboxylic acids is 3. The summed E-state index contributed by atoms with van der Waals surface area (Å²) in [5.74, 6) is -3.94. The average Bonchev–Trinajstić information content (AvgIpc) is 2.71. The number of aliphatic hydroxyl groups is 1. The van der Waals surface area contributed by atoms with E-state index < -0.39 is 38.0 Å². The Balaban J connectivity index is 2.51. The van der Waals surface area contributed by atoms with Gasteiger partial charge in [-0.15, -0.1) is 0 Å². The highest BCUT2D eigenvalue weighted by atomic mass is 32.2. The number of hydrogen-bond donors (Lipinski definition) is 3. The van der Waals surface area contributed by atoms with Gasteiger partial charge in [-0.2, -0.15) is 0 Å². The van der Waals surface area contributed by atoms with Crippen LogP contribution in [0.4, 0.5) is 0 Å². The van der Waals surface area contributed by atoms with Crippen LogP contribution in [-0.2, 0) is 24.2 Å². The summed E-state index contributed by atoms with van der Waals surface area (Å²) in [6.45, 7) is 0. The third-order valence-electron chi connectivity index (χ3n) is 4.97. The monoisotopic (exact) mass is 421 g/mol. The van der Waals surface area contributed by atoms with Gasteiger partial charge >= 0.3 is 5.72 Å². The number of hydrogen-bond acceptors (Lipinski definition) is 6. The molecule has 0 aliphatic heterocycles. The molecule has 1 aliphatic carbocycles. The summed E-state index contributed by atoms with van der Waals surface area (Å²) in [4.78, 5) is 37.4. The van der Waals surface area contributed by atoms with Gasteiger partial charge in [0.05, 0.1) is 0 Å². The molecule has 10 heteroatoms. The average molecular weight is 421 g/mol. The lowest BCUT2D eigenvalue weighted by Gasteiger charge is -2.38. The third kappa shape index (κ3) is 3.68. The summed E-state index contributed by atoms with van der Waals surface area (Å²) >= 11 is 0. The van der Waals surface area contributed by atoms with Crippen molar-refractivity contribution in [3.8, 4) is 0 Å². The molecule has 9 nitrogen and oxygen atoms in total. The Bertz CT molecular complexity index is 1000. The van der Waals surface area contributed by atoms with E-state index in [2.05, 4.69) is 0 Å². The molecule has 2 unspecified atom stereocenters. The molecule has 0 fully saturated rings. The van der Waals surface area contributed by atoms with Gasteiger partial charge in [-0.3, -0.25) is 19.3 Å². The second-order valence-corrected chi connectivity index (χ2v) is 8.98. The minimum atomic E-state index is -4.07. The number of benzene rings is 1. The molecule has 2 rings (SSSR count). The fourth-order valence-corrected chi connectivity index (χ4v) is 4.25. The second-order valence-electron chi connectivity index (χ2n) is 6.70. The number of nitrogens with zero attached hydrogens (tertiary/aromatic N) is 1. The molecule has 156 valence electrons. The van der Waals surface area contributed by atoms with Gasteiger partial charge in [0.25, 0.3) is 17.7 Å². The van der Waals surface area contributed by atoms with E-state index in [-0.39, 0.29) is 6.42 Å². The summed E-state index contributed by atoms with van der Waals surface area (Å²) in [5, 5.41) is 12.6. The molecule has 0 spiro atoms. The van der Waals surface area contributed by atoms with E-state index in [1.165, 1.54) is 12.2 Å². The van der Waals surface area contributed by atoms with Crippen molar-refractivity contribution >= 4 is 33.1 Å². The van der Waals surface area contributed by atoms with E-state index in [9.17, 15) is 27.9 Å². The highest BCUT2D eigenvalue weighted by Gasteiger charge is 2.56. The first kappa shape index (κ1) is 22.3. The molecule has 29 heavy (non-hydrogen) atoms. The van der Waals surface area contributed by atoms with Crippen LogP contribution in [0.2, 0.25) is 0 Å². The number of allylic oxidation sites excluding steroid dienone is 3. The molecule has 0 saturated carbocycles. The molecule has 2 atom stereocenters. The van der Waals surface area contributed by atoms with Crippen molar-refractivity contribution in [3.05, 3.63) is 54.1 Å². The molecule has 4 N–H and O–H groups in total. The second kappa shape index (κ2) is 7.80. The van der Waals surface area contributed by atoms with Gasteiger partial charge in [0.15, 0.2) is 14.6 Å². The van der Waals surface area contributed by atoms with Crippen molar-refractivity contribution < 1.29 is 27.9 Å². The molecule has 1 aromatic rings. The zero-order valence-electron chi connectivity index (χ0n) is 16.2. The fraction of sp³-hybridized carbons (Fsp3) is 0.316. The minimum absolute atomic E-state index is 0.252. The number of likely N-dealkylation sites (N-methyl/N-ethyl adjacent to an activating group) is 2. The molecule has 0 bridgehead atoms. The molecular formula is C19H23N3O6S. The van der Waals surface area contributed by atoms with Gasteiger partial charge in [0.1, 0.15) is 0 Å². The predicted molar refractivity (Wildman–Crippen MR) is 107 cm³/mol. The number of primary amides is 1. The SMILES string of the molecule is CNC(=O)C(O)(C(N)=O)N(C)C(=O)C1(S(C)(=O)=O)C=CC(c2ccccc2)=CC1. The lowest BCUT2D eigenvalue weighted by molar-refractivity contribution is -0.178. The van der Waals surface area contributed by atoms with Crippen LogP contribution in [-0.4, -0.2) is 67.0 Å². The third-order valence-corrected chi connectivity index (χ3v) is 6.77. The van der Waals surface area contributed by atoms with Gasteiger partial charge in [-0.05, 0) is 17.6 Å². The summed E-state index contributed by atoms with van der Waals surface area (Å²) < 4.78 is 23.1. The van der Waals surface area contributed by atoms with E-state index in [1.54, 1.807) is 6.08 Å². The number of rotatable bonds is 6. The number of amides is 3. The maximum absolute atomic E-state index is 13.2. The maximum atomic E-state index is 13.2. The molecule has 0 aromatic heterocycles. The van der Waals surface area contributed by atoms with Crippen molar-refractivity contribution in [1.29, 1.82) is 0 Å². The predicted octanol–water partition coefficient (Wildman–Crippen LogP) is -0.808. The van der Waals surface area contributed by atoms with Crippen LogP contribution in [0.1, 0.15) is 12.0 Å². The number of carbonyl (C=O) groups is 3. The zero-order valence-corrected chi connectivity index (χ0v) is 17.1. The summed E-state index contributed by atoms with van der Waals surface area (Å²) in [6, 6.07) is 9.12. The Morgan fingerprint density at radius 2 is 1.83 bits per heavy atom. The Morgan fingerprint density at radius 1 is 1.24 bits per heavy atom. The van der Waals surface area contributed by atoms with Crippen LogP contribution in [0.5, 0.6) is 0 Å². The van der Waals surface area contributed by atoms with Crippen LogP contribution in [0.25, 0.3) is 5.57 Å². The van der Waals surface area contributed by atoms with Crippen molar-refractivity contribution in [2.45, 2.75) is 16.9 Å². The number of nitrogens with two attached hydrogens (primary N) is 1. The van der Waals surface area contributed by atoms with Gasteiger partial charge in [-0.25, -0.2) is 8.42 Å².